The second-order valence-electron chi connectivity index (χ2n) is 8.12. The highest BCUT2D eigenvalue weighted by atomic mass is 19.4. The van der Waals surface area contributed by atoms with Gasteiger partial charge in [-0.2, -0.15) is 13.2 Å². The lowest BCUT2D eigenvalue weighted by Gasteiger charge is -2.19. The van der Waals surface area contributed by atoms with Crippen molar-refractivity contribution < 1.29 is 32.3 Å². The number of anilines is 2. The summed E-state index contributed by atoms with van der Waals surface area (Å²) in [5, 5.41) is 5.16. The molecule has 0 bridgehead atoms. The van der Waals surface area contributed by atoms with Gasteiger partial charge in [-0.05, 0) is 57.2 Å². The first-order chi connectivity index (χ1) is 15.8. The van der Waals surface area contributed by atoms with Gasteiger partial charge in [0.05, 0.1) is 17.7 Å². The summed E-state index contributed by atoms with van der Waals surface area (Å²) in [5.74, 6) is -0.709. The maximum atomic E-state index is 12.7. The monoisotopic (exact) mass is 481 g/mol. The van der Waals surface area contributed by atoms with Gasteiger partial charge in [0.25, 0.3) is 5.91 Å². The third kappa shape index (κ3) is 9.06. The van der Waals surface area contributed by atoms with Crippen molar-refractivity contribution in [3.63, 3.8) is 0 Å². The summed E-state index contributed by atoms with van der Waals surface area (Å²) in [4.78, 5) is 39.9. The van der Waals surface area contributed by atoms with Gasteiger partial charge in [0.15, 0.2) is 5.78 Å². The highest BCUT2D eigenvalue weighted by Gasteiger charge is 2.30. The minimum atomic E-state index is -4.45. The summed E-state index contributed by atoms with van der Waals surface area (Å²) >= 11 is 0. The molecule has 184 valence electrons. The van der Waals surface area contributed by atoms with Crippen molar-refractivity contribution in [2.24, 2.45) is 0 Å². The number of nitrogens with one attached hydrogen (secondary N) is 4. The fourth-order valence-corrected chi connectivity index (χ4v) is 2.55. The lowest BCUT2D eigenvalue weighted by atomic mass is 10.2. The van der Waals surface area contributed by atoms with Crippen molar-refractivity contribution in [2.75, 3.05) is 18.4 Å². The van der Waals surface area contributed by atoms with E-state index in [2.05, 4.69) is 26.5 Å². The van der Waals surface area contributed by atoms with Crippen molar-refractivity contribution in [3.8, 4) is 0 Å². The Balaban J connectivity index is 1.82. The number of rotatable bonds is 9. The van der Waals surface area contributed by atoms with Gasteiger partial charge < -0.3 is 15.4 Å². The van der Waals surface area contributed by atoms with Crippen LogP contribution in [-0.4, -0.2) is 41.5 Å². The first-order valence-corrected chi connectivity index (χ1v) is 10.3. The SMILES string of the molecule is CC(C)(C)OC(=O)NCC(=O)CCNNC(=O)c1cccnc1Nc1ccc(C(F)(F)F)cc1. The fourth-order valence-electron chi connectivity index (χ4n) is 2.55. The molecule has 0 fully saturated rings. The molecular formula is C22H26F3N5O4. The molecule has 0 aliphatic heterocycles. The van der Waals surface area contributed by atoms with E-state index in [-0.39, 0.29) is 36.7 Å². The summed E-state index contributed by atoms with van der Waals surface area (Å²) in [6.07, 6.45) is -3.70. The minimum Gasteiger partial charge on any atom is -0.444 e. The number of halogens is 3. The van der Waals surface area contributed by atoms with Crippen LogP contribution in [0, 0.1) is 0 Å². The smallest absolute Gasteiger partial charge is 0.416 e. The number of hydrogen-bond acceptors (Lipinski definition) is 7. The van der Waals surface area contributed by atoms with Gasteiger partial charge in [-0.25, -0.2) is 15.2 Å². The van der Waals surface area contributed by atoms with Gasteiger partial charge >= 0.3 is 12.3 Å². The topological polar surface area (TPSA) is 121 Å². The molecule has 2 rings (SSSR count). The predicted octanol–water partition coefficient (Wildman–Crippen LogP) is 3.56. The number of alkyl halides is 3. The van der Waals surface area contributed by atoms with E-state index in [1.54, 1.807) is 20.8 Å². The number of Topliss-reactive ketones (excluding diaryl/α,β-unsaturated/α-hetero) is 1. The van der Waals surface area contributed by atoms with Crippen molar-refractivity contribution in [3.05, 3.63) is 53.7 Å². The Kier molecular flexibility index (Phi) is 8.96. The first kappa shape index (κ1) is 26.6. The van der Waals surface area contributed by atoms with Gasteiger partial charge in [0.1, 0.15) is 11.4 Å². The van der Waals surface area contributed by atoms with Crippen molar-refractivity contribution in [1.82, 2.24) is 21.2 Å². The summed E-state index contributed by atoms with van der Waals surface area (Å²) in [6.45, 7) is 4.99. The van der Waals surface area contributed by atoms with E-state index in [0.717, 1.165) is 12.1 Å². The number of hydrogen-bond donors (Lipinski definition) is 4. The summed E-state index contributed by atoms with van der Waals surface area (Å²) in [5.41, 5.74) is 4.01. The summed E-state index contributed by atoms with van der Waals surface area (Å²) in [7, 11) is 0. The highest BCUT2D eigenvalue weighted by molar-refractivity contribution is 5.99. The quantitative estimate of drug-likeness (QED) is 0.319. The van der Waals surface area contributed by atoms with Gasteiger partial charge in [-0.15, -0.1) is 0 Å². The molecule has 0 radical (unpaired) electrons. The number of benzene rings is 1. The van der Waals surface area contributed by atoms with Gasteiger partial charge in [0, 0.05) is 24.8 Å². The fraction of sp³-hybridized carbons (Fsp3) is 0.364. The Morgan fingerprint density at radius 1 is 1.03 bits per heavy atom. The number of ketones is 1. The molecule has 9 nitrogen and oxygen atoms in total. The molecule has 0 saturated heterocycles. The van der Waals surface area contributed by atoms with Crippen LogP contribution in [0.4, 0.5) is 29.5 Å². The van der Waals surface area contributed by atoms with Crippen molar-refractivity contribution in [1.29, 1.82) is 0 Å². The Labute approximate surface area is 194 Å². The highest BCUT2D eigenvalue weighted by Crippen LogP contribution is 2.30. The van der Waals surface area contributed by atoms with E-state index in [9.17, 15) is 27.6 Å². The molecule has 0 aliphatic carbocycles. The van der Waals surface area contributed by atoms with Gasteiger partial charge in [-0.3, -0.25) is 15.0 Å². The average Bonchev–Trinajstić information content (AvgIpc) is 2.74. The van der Waals surface area contributed by atoms with E-state index in [4.69, 9.17) is 4.74 Å². The lowest BCUT2D eigenvalue weighted by Crippen LogP contribution is -2.40. The van der Waals surface area contributed by atoms with Crippen LogP contribution in [0.2, 0.25) is 0 Å². The number of carbonyl (C=O) groups is 3. The molecule has 4 N–H and O–H groups in total. The van der Waals surface area contributed by atoms with Crippen LogP contribution >= 0.6 is 0 Å². The number of alkyl carbamates (subject to hydrolysis) is 1. The molecule has 2 amide bonds. The van der Waals surface area contributed by atoms with Crippen molar-refractivity contribution >= 4 is 29.3 Å². The van der Waals surface area contributed by atoms with Crippen LogP contribution in [0.1, 0.15) is 43.1 Å². The Morgan fingerprint density at radius 2 is 1.71 bits per heavy atom. The molecule has 0 saturated carbocycles. The Morgan fingerprint density at radius 3 is 2.32 bits per heavy atom. The number of amides is 2. The molecule has 1 aromatic heterocycles. The molecule has 1 aromatic carbocycles. The van der Waals surface area contributed by atoms with E-state index in [1.807, 2.05) is 0 Å². The van der Waals surface area contributed by atoms with E-state index >= 15 is 0 Å². The molecule has 2 aromatic rings. The van der Waals surface area contributed by atoms with Crippen LogP contribution in [0.25, 0.3) is 0 Å². The number of ether oxygens (including phenoxy) is 1. The van der Waals surface area contributed by atoms with E-state index in [1.165, 1.54) is 30.5 Å². The van der Waals surface area contributed by atoms with E-state index in [0.29, 0.717) is 5.69 Å². The maximum absolute atomic E-state index is 12.7. The number of nitrogens with zero attached hydrogens (tertiary/aromatic N) is 1. The second kappa shape index (κ2) is 11.5. The molecule has 12 heteroatoms. The van der Waals surface area contributed by atoms with Gasteiger partial charge in [-0.1, -0.05) is 0 Å². The van der Waals surface area contributed by atoms with Crippen LogP contribution in [-0.2, 0) is 15.7 Å². The van der Waals surface area contributed by atoms with E-state index < -0.39 is 29.3 Å². The Bertz CT molecular complexity index is 1000. The average molecular weight is 481 g/mol. The predicted molar refractivity (Wildman–Crippen MR) is 118 cm³/mol. The minimum absolute atomic E-state index is 0.0276. The standard InChI is InChI=1S/C22H26F3N5O4/c1-21(2,3)34-20(33)27-13-16(31)10-12-28-30-19(32)17-5-4-11-26-18(17)29-15-8-6-14(7-9-15)22(23,24)25/h4-9,11,28H,10,12-13H2,1-3H3,(H,26,29)(H,27,33)(H,30,32). The molecule has 0 spiro atoms. The third-order valence-electron chi connectivity index (χ3n) is 4.09. The Hall–Kier alpha value is -3.67. The summed E-state index contributed by atoms with van der Waals surface area (Å²) in [6, 6.07) is 7.30. The third-order valence-corrected chi connectivity index (χ3v) is 4.09. The maximum Gasteiger partial charge on any atom is 0.416 e. The van der Waals surface area contributed by atoms with Crippen LogP contribution in [0.3, 0.4) is 0 Å². The zero-order chi connectivity index (χ0) is 25.4. The first-order valence-electron chi connectivity index (χ1n) is 10.3. The molecule has 0 atom stereocenters. The zero-order valence-electron chi connectivity index (χ0n) is 18.9. The largest absolute Gasteiger partial charge is 0.444 e. The number of aromatic nitrogens is 1. The number of hydrazine groups is 1. The van der Waals surface area contributed by atoms with Crippen LogP contribution in [0.5, 0.6) is 0 Å². The molecule has 34 heavy (non-hydrogen) atoms. The normalized spacial score (nSPS) is 11.5. The lowest BCUT2D eigenvalue weighted by molar-refractivity contribution is -0.137. The second-order valence-corrected chi connectivity index (χ2v) is 8.12. The van der Waals surface area contributed by atoms with Crippen molar-refractivity contribution in [2.45, 2.75) is 39.0 Å². The molecule has 0 unspecified atom stereocenters. The number of pyridine rings is 1. The zero-order valence-corrected chi connectivity index (χ0v) is 18.9. The molecular weight excluding hydrogens is 455 g/mol. The van der Waals surface area contributed by atoms with Crippen LogP contribution < -0.4 is 21.5 Å². The molecule has 0 aliphatic rings. The summed E-state index contributed by atoms with van der Waals surface area (Å²) < 4.78 is 43.2. The van der Waals surface area contributed by atoms with Crippen LogP contribution in [0.15, 0.2) is 42.6 Å². The molecule has 1 heterocycles. The number of carbonyl (C=O) groups excluding carboxylic acids is 3. The van der Waals surface area contributed by atoms with Gasteiger partial charge in [0.2, 0.25) is 0 Å².